The van der Waals surface area contributed by atoms with Crippen LogP contribution in [-0.4, -0.2) is 11.9 Å². The van der Waals surface area contributed by atoms with Crippen molar-refractivity contribution in [2.75, 3.05) is 0 Å². The van der Waals surface area contributed by atoms with Gasteiger partial charge in [-0.05, 0) is 43.4 Å². The number of rotatable bonds is 32. The van der Waals surface area contributed by atoms with Gasteiger partial charge in [0.15, 0.2) is 0 Å². The standard InChI is InChI=1S/2C18H36O2.C9H18.Zn/c2*1-2-3-4-5-6-7-8-9-10-11-12-13-14-15-16-17-18(19)20;1-8-6-4-5-7-9(8,2)3;/h2*2-17H2,1H3,(H,19,20);8H,4-7H2,1-3H3;/q;;;+2/p-2. The van der Waals surface area contributed by atoms with E-state index in [2.05, 4.69) is 34.6 Å². The molecule has 1 saturated carbocycles. The molecule has 1 fully saturated rings. The zero-order chi connectivity index (χ0) is 36.7. The molecule has 0 N–H and O–H groups in total. The number of hydrogen-bond acceptors (Lipinski definition) is 4. The van der Waals surface area contributed by atoms with Gasteiger partial charge in [-0.15, -0.1) is 0 Å². The van der Waals surface area contributed by atoms with Crippen molar-refractivity contribution in [1.29, 1.82) is 0 Å². The Labute approximate surface area is 327 Å². The second kappa shape index (κ2) is 43.0. The van der Waals surface area contributed by atoms with Crippen LogP contribution in [0.4, 0.5) is 0 Å². The Morgan fingerprint density at radius 3 is 0.880 bits per heavy atom. The predicted octanol–water partition coefficient (Wildman–Crippen LogP) is 13.2. The van der Waals surface area contributed by atoms with E-state index in [4.69, 9.17) is 0 Å². The first-order valence-electron chi connectivity index (χ1n) is 22.1. The van der Waals surface area contributed by atoms with E-state index in [1.165, 1.54) is 193 Å². The summed E-state index contributed by atoms with van der Waals surface area (Å²) in [6.07, 6.45) is 45.5. The van der Waals surface area contributed by atoms with E-state index in [-0.39, 0.29) is 32.3 Å². The third-order valence-electron chi connectivity index (χ3n) is 11.0. The summed E-state index contributed by atoms with van der Waals surface area (Å²) in [6.45, 7) is 11.7. The van der Waals surface area contributed by atoms with Gasteiger partial charge in [0.2, 0.25) is 0 Å². The van der Waals surface area contributed by atoms with Gasteiger partial charge in [0.05, 0.1) is 0 Å². The average Bonchev–Trinajstić information content (AvgIpc) is 3.06. The first-order chi connectivity index (χ1) is 23.7. The van der Waals surface area contributed by atoms with Crippen molar-refractivity contribution >= 4 is 11.9 Å². The molecule has 1 rings (SSSR count). The van der Waals surface area contributed by atoms with Gasteiger partial charge in [-0.2, -0.15) is 0 Å². The Bertz CT molecular complexity index is 636. The van der Waals surface area contributed by atoms with Gasteiger partial charge in [-0.25, -0.2) is 0 Å². The number of carbonyl (C=O) groups is 2. The zero-order valence-corrected chi connectivity index (χ0v) is 37.8. The molecule has 1 unspecified atom stereocenters. The molecule has 4 nitrogen and oxygen atoms in total. The van der Waals surface area contributed by atoms with Gasteiger partial charge in [-0.3, -0.25) is 0 Å². The molecule has 50 heavy (non-hydrogen) atoms. The van der Waals surface area contributed by atoms with E-state index < -0.39 is 11.9 Å². The topological polar surface area (TPSA) is 80.3 Å². The summed E-state index contributed by atoms with van der Waals surface area (Å²) in [7, 11) is 0. The maximum absolute atomic E-state index is 10.2. The fraction of sp³-hybridized carbons (Fsp3) is 0.956. The molecule has 0 heterocycles. The molecule has 0 aromatic heterocycles. The van der Waals surface area contributed by atoms with Crippen LogP contribution < -0.4 is 10.2 Å². The molecule has 0 amide bonds. The molecule has 1 aliphatic carbocycles. The first-order valence-corrected chi connectivity index (χ1v) is 22.1. The van der Waals surface area contributed by atoms with Gasteiger partial charge >= 0.3 is 19.5 Å². The summed E-state index contributed by atoms with van der Waals surface area (Å²) in [5.41, 5.74) is 0.637. The summed E-state index contributed by atoms with van der Waals surface area (Å²) < 4.78 is 0. The number of carbonyl (C=O) groups excluding carboxylic acids is 2. The van der Waals surface area contributed by atoms with Crippen LogP contribution in [0, 0.1) is 11.3 Å². The molecular formula is C45H88O4Zn. The number of carboxylic acids is 2. The van der Waals surface area contributed by atoms with Gasteiger partial charge in [0.25, 0.3) is 0 Å². The summed E-state index contributed by atoms with van der Waals surface area (Å²) >= 11 is 0. The van der Waals surface area contributed by atoms with Gasteiger partial charge in [0.1, 0.15) is 0 Å². The van der Waals surface area contributed by atoms with Gasteiger partial charge < -0.3 is 19.8 Å². The zero-order valence-electron chi connectivity index (χ0n) is 34.9. The quantitative estimate of drug-likeness (QED) is 0.0505. The van der Waals surface area contributed by atoms with Crippen LogP contribution in [-0.2, 0) is 29.1 Å². The van der Waals surface area contributed by atoms with Crippen molar-refractivity contribution in [2.24, 2.45) is 11.3 Å². The van der Waals surface area contributed by atoms with Crippen molar-refractivity contribution in [2.45, 2.75) is 266 Å². The van der Waals surface area contributed by atoms with Crippen LogP contribution >= 0.6 is 0 Å². The molecule has 0 aromatic carbocycles. The molecule has 0 aromatic rings. The van der Waals surface area contributed by atoms with Crippen LogP contribution in [0.3, 0.4) is 0 Å². The largest absolute Gasteiger partial charge is 2.00 e. The van der Waals surface area contributed by atoms with Crippen molar-refractivity contribution in [1.82, 2.24) is 0 Å². The molecule has 0 bridgehead atoms. The SMILES string of the molecule is CC1CCCCC1(C)C.CCCCCCCCCCCCCCCCCC(=O)[O-].CCCCCCCCCCCCCCCCCC(=O)[O-].[Zn+2]. The molecular weight excluding hydrogens is 670 g/mol. The minimum Gasteiger partial charge on any atom is -0.550 e. The van der Waals surface area contributed by atoms with Crippen molar-refractivity contribution in [3.8, 4) is 0 Å². The molecule has 0 saturated heterocycles. The summed E-state index contributed by atoms with van der Waals surface area (Å²) in [5, 5.41) is 20.4. The summed E-state index contributed by atoms with van der Waals surface area (Å²) in [6, 6.07) is 0. The van der Waals surface area contributed by atoms with Crippen LogP contribution in [0.15, 0.2) is 0 Å². The smallest absolute Gasteiger partial charge is 0.550 e. The minimum absolute atomic E-state index is 0. The van der Waals surface area contributed by atoms with Crippen molar-refractivity contribution in [3.05, 3.63) is 0 Å². The van der Waals surface area contributed by atoms with Crippen LogP contribution in [0.2, 0.25) is 0 Å². The third kappa shape index (κ3) is 45.6. The molecule has 294 valence electrons. The van der Waals surface area contributed by atoms with E-state index in [9.17, 15) is 19.8 Å². The van der Waals surface area contributed by atoms with E-state index in [0.29, 0.717) is 5.41 Å². The Hall–Kier alpha value is -0.437. The molecule has 0 spiro atoms. The van der Waals surface area contributed by atoms with E-state index in [1.54, 1.807) is 0 Å². The Balaban J connectivity index is -0.000000699. The van der Waals surface area contributed by atoms with Crippen molar-refractivity contribution < 1.29 is 39.3 Å². The number of unbranched alkanes of at least 4 members (excludes halogenated alkanes) is 28. The van der Waals surface area contributed by atoms with Crippen LogP contribution in [0.25, 0.3) is 0 Å². The Morgan fingerprint density at radius 1 is 0.460 bits per heavy atom. The molecule has 0 aliphatic heterocycles. The Kier molecular flexibility index (Phi) is 46.3. The third-order valence-corrected chi connectivity index (χ3v) is 11.0. The normalized spacial score (nSPS) is 14.9. The van der Waals surface area contributed by atoms with E-state index in [0.717, 1.165) is 31.6 Å². The van der Waals surface area contributed by atoms with Crippen LogP contribution in [0.5, 0.6) is 0 Å². The number of carboxylic acid groups (broad SMARTS) is 2. The average molecular weight is 759 g/mol. The molecule has 1 atom stereocenters. The molecule has 0 radical (unpaired) electrons. The Morgan fingerprint density at radius 2 is 0.700 bits per heavy atom. The fourth-order valence-corrected chi connectivity index (χ4v) is 6.95. The predicted molar refractivity (Wildman–Crippen MR) is 211 cm³/mol. The van der Waals surface area contributed by atoms with E-state index in [1.807, 2.05) is 0 Å². The molecule has 1 aliphatic rings. The second-order valence-corrected chi connectivity index (χ2v) is 16.3. The summed E-state index contributed by atoms with van der Waals surface area (Å²) in [4.78, 5) is 20.4. The van der Waals surface area contributed by atoms with Gasteiger partial charge in [0, 0.05) is 11.9 Å². The maximum atomic E-state index is 10.2. The van der Waals surface area contributed by atoms with Crippen LogP contribution in [0.1, 0.15) is 266 Å². The molecule has 5 heteroatoms. The van der Waals surface area contributed by atoms with Crippen molar-refractivity contribution in [3.63, 3.8) is 0 Å². The summed E-state index contributed by atoms with van der Waals surface area (Å²) in [5.74, 6) is -0.856. The number of aliphatic carboxylic acids is 2. The first kappa shape index (κ1) is 53.9. The minimum atomic E-state index is -0.903. The maximum Gasteiger partial charge on any atom is 2.00 e. The monoisotopic (exact) mass is 757 g/mol. The van der Waals surface area contributed by atoms with E-state index >= 15 is 0 Å². The number of hydrogen-bond donors (Lipinski definition) is 0. The fourth-order valence-electron chi connectivity index (χ4n) is 6.95. The van der Waals surface area contributed by atoms with Gasteiger partial charge in [-0.1, -0.05) is 234 Å². The second-order valence-electron chi connectivity index (χ2n) is 16.3.